The van der Waals surface area contributed by atoms with Crippen LogP contribution < -0.4 is 0 Å². The summed E-state index contributed by atoms with van der Waals surface area (Å²) in [6.45, 7) is 6.08. The van der Waals surface area contributed by atoms with Gasteiger partial charge in [0.2, 0.25) is 0 Å². The lowest BCUT2D eigenvalue weighted by Crippen LogP contribution is -1.72. The minimum atomic E-state index is 1.01. The molecule has 0 aromatic carbocycles. The maximum absolute atomic E-state index is 3.71. The Morgan fingerprint density at radius 2 is 2.20 bits per heavy atom. The molecule has 0 atom stereocenters. The van der Waals surface area contributed by atoms with E-state index < -0.39 is 0 Å². The minimum Gasteiger partial charge on any atom is -0.206 e. The summed E-state index contributed by atoms with van der Waals surface area (Å²) in [7, 11) is 0. The normalized spacial score (nSPS) is 12.1. The van der Waals surface area contributed by atoms with Crippen LogP contribution in [0.3, 0.4) is 0 Å². The summed E-state index contributed by atoms with van der Waals surface area (Å²) < 4.78 is 0. The van der Waals surface area contributed by atoms with E-state index in [9.17, 15) is 0 Å². The average molecular weight is 135 g/mol. The highest BCUT2D eigenvalue weighted by atomic mass is 14.6. The quantitative estimate of drug-likeness (QED) is 0.490. The van der Waals surface area contributed by atoms with Crippen molar-refractivity contribution in [3.63, 3.8) is 0 Å². The molecule has 0 saturated heterocycles. The highest BCUT2D eigenvalue weighted by molar-refractivity contribution is 5.55. The van der Waals surface area contributed by atoms with Gasteiger partial charge in [-0.25, -0.2) is 4.99 Å². The molecule has 54 valence electrons. The van der Waals surface area contributed by atoms with Crippen LogP contribution in [0.25, 0.3) is 0 Å². The van der Waals surface area contributed by atoms with Crippen molar-refractivity contribution in [2.75, 3.05) is 0 Å². The van der Waals surface area contributed by atoms with Crippen LogP contribution >= 0.6 is 0 Å². The van der Waals surface area contributed by atoms with E-state index in [1.807, 2.05) is 19.9 Å². The molecule has 0 aliphatic carbocycles. The van der Waals surface area contributed by atoms with Crippen LogP contribution in [0.15, 0.2) is 28.6 Å². The third-order valence-electron chi connectivity index (χ3n) is 1.01. The van der Waals surface area contributed by atoms with E-state index in [-0.39, 0.29) is 0 Å². The molecular formula is C9H13N. The predicted octanol–water partition coefficient (Wildman–Crippen LogP) is 2.70. The lowest BCUT2D eigenvalue weighted by atomic mass is 10.2. The van der Waals surface area contributed by atoms with E-state index in [0.29, 0.717) is 0 Å². The molecule has 0 saturated carbocycles. The average Bonchev–Trinajstić information content (AvgIpc) is 2.10. The Labute approximate surface area is 62.5 Å². The number of hydrogen-bond acceptors (Lipinski definition) is 1. The maximum Gasteiger partial charge on any atom is 0.0388 e. The number of rotatable bonds is 1. The minimum absolute atomic E-state index is 1.01. The fraction of sp³-hybridized carbons (Fsp3) is 0.444. The van der Waals surface area contributed by atoms with Crippen molar-refractivity contribution >= 4 is 5.87 Å². The number of hydrogen-bond donors (Lipinski definition) is 0. The van der Waals surface area contributed by atoms with Gasteiger partial charge in [-0.15, -0.1) is 0 Å². The van der Waals surface area contributed by atoms with Gasteiger partial charge in [-0.05, 0) is 18.2 Å². The second kappa shape index (κ2) is 6.10. The Bertz CT molecular complexity index is 199. The molecule has 1 rings (SSSR count). The van der Waals surface area contributed by atoms with Gasteiger partial charge in [0.05, 0.1) is 0 Å². The molecule has 0 aromatic rings. The fourth-order valence-corrected chi connectivity index (χ4v) is 0.516. The van der Waals surface area contributed by atoms with E-state index in [4.69, 9.17) is 0 Å². The summed E-state index contributed by atoms with van der Waals surface area (Å²) in [6, 6.07) is 0. The molecule has 0 amide bonds. The zero-order chi connectivity index (χ0) is 7.82. The van der Waals surface area contributed by atoms with Gasteiger partial charge in [-0.3, -0.25) is 0 Å². The number of nitrogens with zero attached hydrogens (tertiary/aromatic N) is 1. The molecule has 0 aromatic heterocycles. The second-order valence-electron chi connectivity index (χ2n) is 1.56. The highest BCUT2D eigenvalue weighted by Gasteiger charge is 1.84. The van der Waals surface area contributed by atoms with Gasteiger partial charge in [-0.1, -0.05) is 20.8 Å². The van der Waals surface area contributed by atoms with Crippen molar-refractivity contribution in [1.82, 2.24) is 0 Å². The molecule has 0 unspecified atom stereocenters. The molecule has 1 heterocycles. The van der Waals surface area contributed by atoms with Gasteiger partial charge in [0.25, 0.3) is 0 Å². The van der Waals surface area contributed by atoms with E-state index in [1.54, 1.807) is 6.20 Å². The van der Waals surface area contributed by atoms with Gasteiger partial charge in [0.15, 0.2) is 0 Å². The van der Waals surface area contributed by atoms with Gasteiger partial charge in [0, 0.05) is 17.6 Å². The van der Waals surface area contributed by atoms with Crippen LogP contribution in [0.1, 0.15) is 27.2 Å². The third-order valence-corrected chi connectivity index (χ3v) is 1.01. The molecule has 0 fully saturated rings. The second-order valence-corrected chi connectivity index (χ2v) is 1.56. The van der Waals surface area contributed by atoms with Crippen molar-refractivity contribution in [1.29, 1.82) is 0 Å². The van der Waals surface area contributed by atoms with Crippen molar-refractivity contribution in [2.24, 2.45) is 4.99 Å². The monoisotopic (exact) mass is 135 g/mol. The summed E-state index contributed by atoms with van der Waals surface area (Å²) in [5.74, 6) is 2.64. The van der Waals surface area contributed by atoms with E-state index in [2.05, 4.69) is 23.5 Å². The summed E-state index contributed by atoms with van der Waals surface area (Å²) in [5.41, 5.74) is 4.05. The Morgan fingerprint density at radius 3 is 2.50 bits per heavy atom. The van der Waals surface area contributed by atoms with Crippen LogP contribution in [-0.2, 0) is 0 Å². The largest absolute Gasteiger partial charge is 0.206 e. The first kappa shape index (κ1) is 8.97. The van der Waals surface area contributed by atoms with Crippen LogP contribution in [0.2, 0.25) is 0 Å². The number of allylic oxidation sites excluding steroid dienone is 2. The van der Waals surface area contributed by atoms with Gasteiger partial charge in [0.1, 0.15) is 0 Å². The Balaban J connectivity index is 0.000000371. The summed E-state index contributed by atoms with van der Waals surface area (Å²) in [6.07, 6.45) is 4.69. The van der Waals surface area contributed by atoms with Gasteiger partial charge >= 0.3 is 0 Å². The lowest BCUT2D eigenvalue weighted by molar-refractivity contribution is 1.15. The molecule has 1 heteroatoms. The van der Waals surface area contributed by atoms with E-state index >= 15 is 0 Å². The zero-order valence-corrected chi connectivity index (χ0v) is 6.81. The molecule has 0 bridgehead atoms. The first-order chi connectivity index (χ1) is 4.93. The molecule has 1 aliphatic heterocycles. The number of aliphatic imine (C=N–C) groups is 1. The molecule has 1 aliphatic rings. The van der Waals surface area contributed by atoms with Crippen molar-refractivity contribution in [3.05, 3.63) is 23.6 Å². The molecule has 0 radical (unpaired) electrons. The van der Waals surface area contributed by atoms with Gasteiger partial charge < -0.3 is 0 Å². The maximum atomic E-state index is 3.71. The summed E-state index contributed by atoms with van der Waals surface area (Å²) >= 11 is 0. The van der Waals surface area contributed by atoms with Crippen molar-refractivity contribution in [2.45, 2.75) is 27.2 Å². The molecule has 1 nitrogen and oxygen atoms in total. The van der Waals surface area contributed by atoms with Crippen molar-refractivity contribution < 1.29 is 0 Å². The standard InChI is InChI=1S/C7H7N.C2H6/c1-2-7-3-5-8-6-4-7;1-2/h3,5H,2H2,1H3;1-2H3. The lowest BCUT2D eigenvalue weighted by Gasteiger charge is -1.87. The molecule has 0 spiro atoms. The summed E-state index contributed by atoms with van der Waals surface area (Å²) in [5, 5.41) is 0. The van der Waals surface area contributed by atoms with Crippen LogP contribution in [0.4, 0.5) is 0 Å². The Kier molecular flexibility index (Phi) is 5.47. The van der Waals surface area contributed by atoms with Crippen LogP contribution in [0.5, 0.6) is 0 Å². The predicted molar refractivity (Wildman–Crippen MR) is 45.2 cm³/mol. The smallest absolute Gasteiger partial charge is 0.0388 e. The van der Waals surface area contributed by atoms with Gasteiger partial charge in [-0.2, -0.15) is 0 Å². The zero-order valence-electron chi connectivity index (χ0n) is 6.81. The topological polar surface area (TPSA) is 12.4 Å². The first-order valence-corrected chi connectivity index (χ1v) is 3.66. The van der Waals surface area contributed by atoms with Crippen molar-refractivity contribution in [3.8, 4) is 0 Å². The molecule has 10 heavy (non-hydrogen) atoms. The Morgan fingerprint density at radius 1 is 1.50 bits per heavy atom. The summed E-state index contributed by atoms with van der Waals surface area (Å²) in [4.78, 5) is 3.71. The molecule has 0 N–H and O–H groups in total. The Hall–Kier alpha value is -1.03. The highest BCUT2D eigenvalue weighted by Crippen LogP contribution is 2.00. The third kappa shape index (κ3) is 3.09. The SMILES string of the molecule is CC.CCC1=C=C=NC=C1. The molecular weight excluding hydrogens is 122 g/mol. The fourth-order valence-electron chi connectivity index (χ4n) is 0.516. The van der Waals surface area contributed by atoms with E-state index in [1.165, 1.54) is 5.57 Å². The first-order valence-electron chi connectivity index (χ1n) is 3.66. The van der Waals surface area contributed by atoms with Crippen LogP contribution in [0, 0.1) is 0 Å². The van der Waals surface area contributed by atoms with Crippen LogP contribution in [-0.4, -0.2) is 5.87 Å². The van der Waals surface area contributed by atoms with E-state index in [0.717, 1.165) is 6.42 Å².